The van der Waals surface area contributed by atoms with Crippen molar-refractivity contribution in [3.63, 3.8) is 0 Å². The Labute approximate surface area is 109 Å². The van der Waals surface area contributed by atoms with Crippen molar-refractivity contribution in [1.29, 1.82) is 0 Å². The van der Waals surface area contributed by atoms with E-state index in [-0.39, 0.29) is 5.91 Å². The lowest BCUT2D eigenvalue weighted by Crippen LogP contribution is -2.39. The Bertz CT molecular complexity index is 417. The molecule has 0 aromatic heterocycles. The third-order valence-corrected chi connectivity index (χ3v) is 3.49. The van der Waals surface area contributed by atoms with Crippen LogP contribution in [0.3, 0.4) is 0 Å². The molecule has 1 aliphatic heterocycles. The number of rotatable bonds is 4. The highest BCUT2D eigenvalue weighted by Crippen LogP contribution is 2.29. The fraction of sp³-hybridized carbons (Fsp3) is 0.533. The zero-order chi connectivity index (χ0) is 13.0. The molecule has 1 amide bonds. The molecule has 0 saturated carbocycles. The van der Waals surface area contributed by atoms with Crippen LogP contribution in [0.5, 0.6) is 0 Å². The summed E-state index contributed by atoms with van der Waals surface area (Å²) in [4.78, 5) is 14.2. The predicted molar refractivity (Wildman–Crippen MR) is 74.6 cm³/mol. The lowest BCUT2D eigenvalue weighted by atomic mass is 9.93. The van der Waals surface area contributed by atoms with Crippen LogP contribution in [0.4, 0.5) is 5.69 Å². The number of hydrogen-bond acceptors (Lipinski definition) is 2. The number of hydrogen-bond donors (Lipinski definition) is 1. The summed E-state index contributed by atoms with van der Waals surface area (Å²) in [5.74, 6) is 0.779. The zero-order valence-electron chi connectivity index (χ0n) is 11.1. The molecule has 0 radical (unpaired) electrons. The molecule has 1 aliphatic rings. The highest BCUT2D eigenvalue weighted by Gasteiger charge is 2.25. The number of carbonyl (C=O) groups is 1. The second kappa shape index (κ2) is 6.01. The van der Waals surface area contributed by atoms with Crippen LogP contribution in [0, 0.1) is 5.92 Å². The van der Waals surface area contributed by atoms with Gasteiger partial charge in [-0.1, -0.05) is 25.1 Å². The van der Waals surface area contributed by atoms with Gasteiger partial charge in [0.15, 0.2) is 0 Å². The number of nitrogens with zero attached hydrogens (tertiary/aromatic N) is 1. The van der Waals surface area contributed by atoms with Crippen molar-refractivity contribution in [3.05, 3.63) is 29.8 Å². The van der Waals surface area contributed by atoms with Crippen molar-refractivity contribution in [2.75, 3.05) is 18.0 Å². The molecular weight excluding hydrogens is 224 g/mol. The Morgan fingerprint density at radius 1 is 1.39 bits per heavy atom. The van der Waals surface area contributed by atoms with E-state index >= 15 is 0 Å². The van der Waals surface area contributed by atoms with E-state index < -0.39 is 0 Å². The number of unbranched alkanes of at least 4 members (excludes halogenated alkanes) is 1. The average Bonchev–Trinajstić information content (AvgIpc) is 2.38. The molecule has 1 unspecified atom stereocenters. The molecule has 2 rings (SSSR count). The van der Waals surface area contributed by atoms with Crippen LogP contribution in [0.15, 0.2) is 24.3 Å². The van der Waals surface area contributed by atoms with E-state index in [2.05, 4.69) is 19.1 Å². The number of para-hydroxylation sites is 1. The van der Waals surface area contributed by atoms with E-state index in [1.54, 1.807) is 0 Å². The highest BCUT2D eigenvalue weighted by atomic mass is 16.2. The molecule has 0 aliphatic carbocycles. The van der Waals surface area contributed by atoms with Crippen molar-refractivity contribution in [1.82, 2.24) is 0 Å². The molecule has 0 fully saturated rings. The fourth-order valence-corrected chi connectivity index (χ4v) is 2.59. The number of carbonyl (C=O) groups excluding carboxylic acids is 1. The predicted octanol–water partition coefficient (Wildman–Crippen LogP) is 2.34. The molecular formula is C15H22N2O. The summed E-state index contributed by atoms with van der Waals surface area (Å²) < 4.78 is 0. The van der Waals surface area contributed by atoms with Gasteiger partial charge in [-0.15, -0.1) is 0 Å². The maximum Gasteiger partial charge on any atom is 0.226 e. The molecule has 18 heavy (non-hydrogen) atoms. The number of amides is 1. The Hall–Kier alpha value is -1.35. The number of nitrogens with two attached hydrogens (primary N) is 1. The molecule has 1 heterocycles. The van der Waals surface area contributed by atoms with Crippen molar-refractivity contribution in [2.45, 2.75) is 32.6 Å². The molecule has 2 N–H and O–H groups in total. The lowest BCUT2D eigenvalue weighted by Gasteiger charge is -2.33. The quantitative estimate of drug-likeness (QED) is 0.829. The Morgan fingerprint density at radius 2 is 2.17 bits per heavy atom. The number of benzene rings is 1. The SMILES string of the molecule is CC1Cc2ccccc2N(C(=O)CCCCN)C1. The molecule has 1 aromatic carbocycles. The van der Waals surface area contributed by atoms with Crippen LogP contribution in [0.25, 0.3) is 0 Å². The summed E-state index contributed by atoms with van der Waals surface area (Å²) >= 11 is 0. The minimum Gasteiger partial charge on any atom is -0.330 e. The van der Waals surface area contributed by atoms with Gasteiger partial charge in [0.05, 0.1) is 0 Å². The van der Waals surface area contributed by atoms with E-state index in [0.29, 0.717) is 18.9 Å². The van der Waals surface area contributed by atoms with Gasteiger partial charge in [0.1, 0.15) is 0 Å². The molecule has 0 spiro atoms. The lowest BCUT2D eigenvalue weighted by molar-refractivity contribution is -0.118. The minimum atomic E-state index is 0.238. The normalized spacial score (nSPS) is 18.6. The second-order valence-electron chi connectivity index (χ2n) is 5.19. The molecule has 1 atom stereocenters. The first-order chi connectivity index (χ1) is 8.72. The van der Waals surface area contributed by atoms with Crippen LogP contribution >= 0.6 is 0 Å². The summed E-state index contributed by atoms with van der Waals surface area (Å²) in [6.07, 6.45) is 3.50. The Morgan fingerprint density at radius 3 is 2.94 bits per heavy atom. The highest BCUT2D eigenvalue weighted by molar-refractivity contribution is 5.94. The van der Waals surface area contributed by atoms with Gasteiger partial charge in [0, 0.05) is 18.7 Å². The van der Waals surface area contributed by atoms with Crippen LogP contribution in [0.1, 0.15) is 31.7 Å². The van der Waals surface area contributed by atoms with Crippen molar-refractivity contribution < 1.29 is 4.79 Å². The summed E-state index contributed by atoms with van der Waals surface area (Å²) in [6.45, 7) is 3.72. The molecule has 3 heteroatoms. The summed E-state index contributed by atoms with van der Waals surface area (Å²) in [5.41, 5.74) is 7.87. The van der Waals surface area contributed by atoms with Crippen LogP contribution in [-0.2, 0) is 11.2 Å². The van der Waals surface area contributed by atoms with Crippen molar-refractivity contribution in [2.24, 2.45) is 11.7 Å². The smallest absolute Gasteiger partial charge is 0.226 e. The molecule has 0 saturated heterocycles. The molecule has 3 nitrogen and oxygen atoms in total. The Kier molecular flexibility index (Phi) is 4.37. The van der Waals surface area contributed by atoms with Crippen LogP contribution in [0.2, 0.25) is 0 Å². The second-order valence-corrected chi connectivity index (χ2v) is 5.19. The van der Waals surface area contributed by atoms with Crippen LogP contribution < -0.4 is 10.6 Å². The third-order valence-electron chi connectivity index (χ3n) is 3.49. The topological polar surface area (TPSA) is 46.3 Å². The van der Waals surface area contributed by atoms with Gasteiger partial charge in [-0.2, -0.15) is 0 Å². The van der Waals surface area contributed by atoms with Gasteiger partial charge >= 0.3 is 0 Å². The summed E-state index contributed by atoms with van der Waals surface area (Å²) in [7, 11) is 0. The van der Waals surface area contributed by atoms with Gasteiger partial charge in [-0.25, -0.2) is 0 Å². The maximum absolute atomic E-state index is 12.3. The third kappa shape index (κ3) is 2.91. The van der Waals surface area contributed by atoms with E-state index in [0.717, 1.165) is 31.5 Å². The number of fused-ring (bicyclic) bond motifs is 1. The minimum absolute atomic E-state index is 0.238. The van der Waals surface area contributed by atoms with Crippen molar-refractivity contribution >= 4 is 11.6 Å². The average molecular weight is 246 g/mol. The van der Waals surface area contributed by atoms with Crippen molar-refractivity contribution in [3.8, 4) is 0 Å². The van der Waals surface area contributed by atoms with E-state index in [4.69, 9.17) is 5.73 Å². The van der Waals surface area contributed by atoms with Gasteiger partial charge in [-0.3, -0.25) is 4.79 Å². The van der Waals surface area contributed by atoms with Gasteiger partial charge < -0.3 is 10.6 Å². The first kappa shape index (κ1) is 13.1. The van der Waals surface area contributed by atoms with Gasteiger partial charge in [0.25, 0.3) is 0 Å². The Balaban J connectivity index is 2.10. The summed E-state index contributed by atoms with van der Waals surface area (Å²) in [5, 5.41) is 0. The molecule has 0 bridgehead atoms. The van der Waals surface area contributed by atoms with E-state index in [9.17, 15) is 4.79 Å². The van der Waals surface area contributed by atoms with E-state index in [1.807, 2.05) is 17.0 Å². The first-order valence-corrected chi connectivity index (χ1v) is 6.80. The maximum atomic E-state index is 12.3. The first-order valence-electron chi connectivity index (χ1n) is 6.80. The molecule has 1 aromatic rings. The monoisotopic (exact) mass is 246 g/mol. The van der Waals surface area contributed by atoms with E-state index in [1.165, 1.54) is 5.56 Å². The standard InChI is InChI=1S/C15H22N2O/c1-12-10-13-6-2-3-7-14(13)17(11-12)15(18)8-4-5-9-16/h2-3,6-7,12H,4-5,8-11,16H2,1H3. The fourth-order valence-electron chi connectivity index (χ4n) is 2.59. The number of anilines is 1. The molecule has 98 valence electrons. The van der Waals surface area contributed by atoms with Crippen LogP contribution in [-0.4, -0.2) is 19.0 Å². The van der Waals surface area contributed by atoms with Gasteiger partial charge in [0.2, 0.25) is 5.91 Å². The summed E-state index contributed by atoms with van der Waals surface area (Å²) in [6, 6.07) is 8.25. The largest absolute Gasteiger partial charge is 0.330 e. The zero-order valence-corrected chi connectivity index (χ0v) is 11.1. The van der Waals surface area contributed by atoms with Gasteiger partial charge in [-0.05, 0) is 43.4 Å².